The Kier molecular flexibility index (Phi) is 4.20. The van der Waals surface area contributed by atoms with Crippen LogP contribution in [0.2, 0.25) is 10.0 Å². The summed E-state index contributed by atoms with van der Waals surface area (Å²) in [5.41, 5.74) is -0.143. The fourth-order valence-electron chi connectivity index (χ4n) is 2.30. The maximum absolute atomic E-state index is 12.4. The molecule has 1 heterocycles. The Hall–Kier alpha value is -1.33. The number of rotatable bonds is 2. The molecule has 2 unspecified atom stereocenters. The van der Waals surface area contributed by atoms with Gasteiger partial charge in [-0.25, -0.2) is 0 Å². The molecule has 1 aliphatic rings. The van der Waals surface area contributed by atoms with Crippen LogP contribution < -0.4 is 0 Å². The number of nitro groups is 1. The van der Waals surface area contributed by atoms with Crippen LogP contribution >= 0.6 is 23.2 Å². The van der Waals surface area contributed by atoms with Crippen molar-refractivity contribution in [2.75, 3.05) is 13.1 Å². The lowest BCUT2D eigenvalue weighted by Gasteiger charge is -2.17. The highest BCUT2D eigenvalue weighted by molar-refractivity contribution is 6.44. The second-order valence-electron chi connectivity index (χ2n) is 5.21. The molecule has 0 saturated carbocycles. The number of likely N-dealkylation sites (tertiary alicyclic amines) is 1. The monoisotopic (exact) mass is 316 g/mol. The Bertz CT molecular complexity index is 567. The molecule has 1 aromatic rings. The third kappa shape index (κ3) is 2.74. The molecule has 2 rings (SSSR count). The molecule has 0 aromatic heterocycles. The fraction of sp³-hybridized carbons (Fsp3) is 0.462. The zero-order valence-corrected chi connectivity index (χ0v) is 12.6. The molecule has 20 heavy (non-hydrogen) atoms. The van der Waals surface area contributed by atoms with Crippen LogP contribution in [0.3, 0.4) is 0 Å². The molecular formula is C13H14Cl2N2O3. The van der Waals surface area contributed by atoms with Crippen molar-refractivity contribution in [3.63, 3.8) is 0 Å². The molecule has 0 bridgehead atoms. The molecule has 5 nitrogen and oxygen atoms in total. The summed E-state index contributed by atoms with van der Waals surface area (Å²) >= 11 is 11.9. The standard InChI is InChI=1S/C13H14Cl2N2O3/c1-7-5-16(6-8(7)2)13(18)10-3-9(17(19)20)4-11(14)12(10)15/h3-4,7-8H,5-6H2,1-2H3. The second-order valence-corrected chi connectivity index (χ2v) is 6.00. The predicted octanol–water partition coefficient (Wildman–Crippen LogP) is 3.63. The van der Waals surface area contributed by atoms with E-state index in [4.69, 9.17) is 23.2 Å². The second kappa shape index (κ2) is 5.58. The largest absolute Gasteiger partial charge is 0.338 e. The number of halogens is 2. The van der Waals surface area contributed by atoms with Gasteiger partial charge in [-0.3, -0.25) is 14.9 Å². The first-order valence-corrected chi connectivity index (χ1v) is 6.99. The number of nitrogens with zero attached hydrogens (tertiary/aromatic N) is 2. The number of carbonyl (C=O) groups is 1. The highest BCUT2D eigenvalue weighted by Crippen LogP contribution is 2.33. The summed E-state index contributed by atoms with van der Waals surface area (Å²) in [5.74, 6) is 0.482. The minimum absolute atomic E-state index is 0.0181. The van der Waals surface area contributed by atoms with Crippen molar-refractivity contribution in [1.82, 2.24) is 4.90 Å². The predicted molar refractivity (Wildman–Crippen MR) is 77.3 cm³/mol. The fourth-order valence-corrected chi connectivity index (χ4v) is 2.71. The van der Waals surface area contributed by atoms with Crippen LogP contribution in [0.5, 0.6) is 0 Å². The van der Waals surface area contributed by atoms with E-state index in [0.29, 0.717) is 24.9 Å². The summed E-state index contributed by atoms with van der Waals surface area (Å²) in [6, 6.07) is 2.33. The van der Waals surface area contributed by atoms with E-state index in [1.54, 1.807) is 4.90 Å². The number of carbonyl (C=O) groups excluding carboxylic acids is 1. The van der Waals surface area contributed by atoms with E-state index < -0.39 is 4.92 Å². The minimum Gasteiger partial charge on any atom is -0.338 e. The topological polar surface area (TPSA) is 63.5 Å². The average Bonchev–Trinajstić information content (AvgIpc) is 2.71. The average molecular weight is 317 g/mol. The maximum atomic E-state index is 12.4. The van der Waals surface area contributed by atoms with Crippen molar-refractivity contribution < 1.29 is 9.72 Å². The molecule has 0 spiro atoms. The van der Waals surface area contributed by atoms with Gasteiger partial charge in [-0.2, -0.15) is 0 Å². The highest BCUT2D eigenvalue weighted by Gasteiger charge is 2.32. The number of hydrogen-bond donors (Lipinski definition) is 0. The lowest BCUT2D eigenvalue weighted by atomic mass is 10.0. The lowest BCUT2D eigenvalue weighted by Crippen LogP contribution is -2.29. The smallest absolute Gasteiger partial charge is 0.271 e. The molecule has 2 atom stereocenters. The summed E-state index contributed by atoms with van der Waals surface area (Å²) < 4.78 is 0. The van der Waals surface area contributed by atoms with Crippen molar-refractivity contribution in [1.29, 1.82) is 0 Å². The molecule has 1 aliphatic heterocycles. The van der Waals surface area contributed by atoms with Gasteiger partial charge in [0.2, 0.25) is 0 Å². The van der Waals surface area contributed by atoms with E-state index in [9.17, 15) is 14.9 Å². The zero-order chi connectivity index (χ0) is 15.0. The Morgan fingerprint density at radius 2 is 1.85 bits per heavy atom. The van der Waals surface area contributed by atoms with Gasteiger partial charge < -0.3 is 4.90 Å². The quantitative estimate of drug-likeness (QED) is 0.618. The first-order chi connectivity index (χ1) is 9.31. The summed E-state index contributed by atoms with van der Waals surface area (Å²) in [6.45, 7) is 5.38. The van der Waals surface area contributed by atoms with Gasteiger partial charge in [-0.1, -0.05) is 37.0 Å². The van der Waals surface area contributed by atoms with Crippen LogP contribution in [0.1, 0.15) is 24.2 Å². The van der Waals surface area contributed by atoms with Crippen LogP contribution in [-0.4, -0.2) is 28.8 Å². The van der Waals surface area contributed by atoms with Gasteiger partial charge in [0.25, 0.3) is 11.6 Å². The Morgan fingerprint density at radius 3 is 2.35 bits per heavy atom. The van der Waals surface area contributed by atoms with Gasteiger partial charge in [0.1, 0.15) is 0 Å². The molecule has 1 saturated heterocycles. The van der Waals surface area contributed by atoms with Crippen molar-refractivity contribution in [3.8, 4) is 0 Å². The molecule has 1 amide bonds. The van der Waals surface area contributed by atoms with E-state index >= 15 is 0 Å². The normalized spacial score (nSPS) is 22.1. The van der Waals surface area contributed by atoms with Gasteiger partial charge >= 0.3 is 0 Å². The van der Waals surface area contributed by atoms with Gasteiger partial charge in [0.05, 0.1) is 20.5 Å². The van der Waals surface area contributed by atoms with E-state index in [1.165, 1.54) is 6.07 Å². The molecular weight excluding hydrogens is 303 g/mol. The van der Waals surface area contributed by atoms with Crippen LogP contribution in [0.25, 0.3) is 0 Å². The lowest BCUT2D eigenvalue weighted by molar-refractivity contribution is -0.384. The van der Waals surface area contributed by atoms with Crippen molar-refractivity contribution in [3.05, 3.63) is 37.9 Å². The molecule has 0 aliphatic carbocycles. The Labute approximate surface area is 126 Å². The minimum atomic E-state index is -0.589. The molecule has 0 N–H and O–H groups in total. The number of non-ortho nitro benzene ring substituents is 1. The van der Waals surface area contributed by atoms with Crippen LogP contribution in [0.15, 0.2) is 12.1 Å². The summed E-state index contributed by atoms with van der Waals surface area (Å²) in [6.07, 6.45) is 0. The number of nitro benzene ring substituents is 1. The first kappa shape index (κ1) is 15.1. The van der Waals surface area contributed by atoms with Crippen molar-refractivity contribution in [2.45, 2.75) is 13.8 Å². The first-order valence-electron chi connectivity index (χ1n) is 6.24. The molecule has 108 valence electrons. The third-order valence-electron chi connectivity index (χ3n) is 3.73. The summed E-state index contributed by atoms with van der Waals surface area (Å²) in [7, 11) is 0. The van der Waals surface area contributed by atoms with Crippen molar-refractivity contribution >= 4 is 34.8 Å². The molecule has 7 heteroatoms. The van der Waals surface area contributed by atoms with E-state index in [0.717, 1.165) is 6.07 Å². The van der Waals surface area contributed by atoms with Crippen LogP contribution in [-0.2, 0) is 0 Å². The summed E-state index contributed by atoms with van der Waals surface area (Å²) in [5, 5.41) is 10.9. The van der Waals surface area contributed by atoms with Gasteiger partial charge in [0, 0.05) is 25.2 Å². The van der Waals surface area contributed by atoms with Crippen LogP contribution in [0, 0.1) is 22.0 Å². The van der Waals surface area contributed by atoms with Crippen LogP contribution in [0.4, 0.5) is 5.69 Å². The number of hydrogen-bond acceptors (Lipinski definition) is 3. The van der Waals surface area contributed by atoms with Gasteiger partial charge in [0.15, 0.2) is 0 Å². The SMILES string of the molecule is CC1CN(C(=O)c2cc([N+](=O)[O-])cc(Cl)c2Cl)CC1C. The Balaban J connectivity index is 2.37. The van der Waals surface area contributed by atoms with E-state index in [-0.39, 0.29) is 27.2 Å². The van der Waals surface area contributed by atoms with Crippen molar-refractivity contribution in [2.24, 2.45) is 11.8 Å². The highest BCUT2D eigenvalue weighted by atomic mass is 35.5. The number of amides is 1. The zero-order valence-electron chi connectivity index (χ0n) is 11.1. The molecule has 0 radical (unpaired) electrons. The summed E-state index contributed by atoms with van der Waals surface area (Å²) in [4.78, 5) is 24.4. The van der Waals surface area contributed by atoms with Gasteiger partial charge in [-0.05, 0) is 11.8 Å². The third-order valence-corrected chi connectivity index (χ3v) is 4.53. The maximum Gasteiger partial charge on any atom is 0.271 e. The Morgan fingerprint density at radius 1 is 1.30 bits per heavy atom. The van der Waals surface area contributed by atoms with E-state index in [1.807, 2.05) is 0 Å². The van der Waals surface area contributed by atoms with Gasteiger partial charge in [-0.15, -0.1) is 0 Å². The van der Waals surface area contributed by atoms with E-state index in [2.05, 4.69) is 13.8 Å². The number of benzene rings is 1. The molecule has 1 fully saturated rings. The molecule has 1 aromatic carbocycles.